The van der Waals surface area contributed by atoms with Gasteiger partial charge in [0.1, 0.15) is 23.7 Å². The minimum Gasteiger partial charge on any atom is -0.453 e. The molecule has 5 aromatic rings. The van der Waals surface area contributed by atoms with Crippen LogP contribution in [0.15, 0.2) is 48.7 Å². The molecule has 4 fully saturated rings. The van der Waals surface area contributed by atoms with Gasteiger partial charge in [0.05, 0.1) is 54.1 Å². The fourth-order valence-corrected chi connectivity index (χ4v) is 9.36. The summed E-state index contributed by atoms with van der Waals surface area (Å²) >= 11 is 1.67. The fraction of sp³-hybridized carbons (Fsp3) is 0.450. The summed E-state index contributed by atoms with van der Waals surface area (Å²) in [5.74, 6) is 1.65. The zero-order chi connectivity index (χ0) is 37.8. The number of alkyl carbamates (subject to hydrolysis) is 2. The number of carbonyl (C=O) groups is 4. The van der Waals surface area contributed by atoms with Gasteiger partial charge in [0, 0.05) is 23.4 Å². The van der Waals surface area contributed by atoms with Gasteiger partial charge in [-0.2, -0.15) is 0 Å². The third kappa shape index (κ3) is 6.78. The molecule has 2 aromatic carbocycles. The highest BCUT2D eigenvalue weighted by Gasteiger charge is 2.44. The SMILES string of the molecule is COC(=O)N[C@H](C(=O)N1CCC[C@H]1c1ncc(-c2ccc(-c3ccc4c(ccc5nc([C@@H]6CCCN6C(=O)[C@@H](NC(=O)OC)C6CC6)[nH]c54)c3)s2)[nH]1)C1CC1. The molecule has 2 saturated carbocycles. The van der Waals surface area contributed by atoms with Crippen molar-refractivity contribution in [1.29, 1.82) is 0 Å². The van der Waals surface area contributed by atoms with Crippen LogP contribution in [0, 0.1) is 11.8 Å². The Labute approximate surface area is 321 Å². The summed E-state index contributed by atoms with van der Waals surface area (Å²) in [5, 5.41) is 7.67. The predicted molar refractivity (Wildman–Crippen MR) is 206 cm³/mol. The second-order valence-corrected chi connectivity index (χ2v) is 16.2. The van der Waals surface area contributed by atoms with Gasteiger partial charge in [-0.25, -0.2) is 19.6 Å². The smallest absolute Gasteiger partial charge is 0.407 e. The molecule has 5 heterocycles. The molecule has 15 heteroatoms. The van der Waals surface area contributed by atoms with Crippen LogP contribution < -0.4 is 10.6 Å². The lowest BCUT2D eigenvalue weighted by molar-refractivity contribution is -0.135. The monoisotopic (exact) mass is 764 g/mol. The lowest BCUT2D eigenvalue weighted by Crippen LogP contribution is -2.49. The highest BCUT2D eigenvalue weighted by molar-refractivity contribution is 7.18. The summed E-state index contributed by atoms with van der Waals surface area (Å²) in [6.07, 6.45) is 7.67. The number of rotatable bonds is 10. The molecule has 14 nitrogen and oxygen atoms in total. The number of aromatic nitrogens is 4. The van der Waals surface area contributed by atoms with Crippen molar-refractivity contribution in [3.8, 4) is 21.0 Å². The van der Waals surface area contributed by atoms with Gasteiger partial charge in [-0.05, 0) is 98.4 Å². The van der Waals surface area contributed by atoms with Crippen molar-refractivity contribution in [3.63, 3.8) is 0 Å². The number of likely N-dealkylation sites (tertiary alicyclic amines) is 2. The number of H-pyrrole nitrogens is 2. The second kappa shape index (κ2) is 14.3. The van der Waals surface area contributed by atoms with Crippen LogP contribution in [0.5, 0.6) is 0 Å². The zero-order valence-corrected chi connectivity index (χ0v) is 31.6. The van der Waals surface area contributed by atoms with Crippen LogP contribution in [0.1, 0.15) is 75.1 Å². The standard InChI is InChI=1S/C40H44N8O6S/c1-53-39(51)45-32(21-7-8-21)37(49)47-17-3-5-28(47)35-41-20-27(43-35)31-16-15-30(55-31)24-11-13-25-23(19-24)12-14-26-34(25)44-36(42-26)29-6-4-18-48(29)38(50)33(22-9-10-22)46-40(52)54-2/h11-16,19-22,28-29,32-33H,3-10,17-18H2,1-2H3,(H,41,43)(H,42,44)(H,45,51)(H,46,52)/t28-,29-,32-,33-/m0/s1. The number of benzene rings is 2. The molecule has 4 aliphatic rings. The average molecular weight is 765 g/mol. The van der Waals surface area contributed by atoms with Gasteiger partial charge in [0.2, 0.25) is 11.8 Å². The third-order valence-electron chi connectivity index (χ3n) is 11.6. The van der Waals surface area contributed by atoms with E-state index >= 15 is 0 Å². The molecule has 9 rings (SSSR count). The van der Waals surface area contributed by atoms with E-state index in [1.54, 1.807) is 11.3 Å². The van der Waals surface area contributed by atoms with Crippen LogP contribution in [0.4, 0.5) is 9.59 Å². The summed E-state index contributed by atoms with van der Waals surface area (Å²) in [4.78, 5) is 74.0. The number of nitrogens with one attached hydrogen (secondary N) is 4. The van der Waals surface area contributed by atoms with E-state index in [1.165, 1.54) is 14.2 Å². The van der Waals surface area contributed by atoms with Crippen LogP contribution in [-0.4, -0.2) is 93.1 Å². The Morgan fingerprint density at radius 2 is 1.38 bits per heavy atom. The fourth-order valence-electron chi connectivity index (χ4n) is 8.39. The minimum atomic E-state index is -0.583. The number of carbonyl (C=O) groups excluding carboxylic acids is 4. The van der Waals surface area contributed by atoms with Crippen LogP contribution >= 0.6 is 11.3 Å². The minimum absolute atomic E-state index is 0.0744. The summed E-state index contributed by atoms with van der Waals surface area (Å²) < 4.78 is 9.60. The average Bonchev–Trinajstić information content (AvgIpc) is 3.79. The van der Waals surface area contributed by atoms with Crippen molar-refractivity contribution in [2.45, 2.75) is 75.5 Å². The van der Waals surface area contributed by atoms with Crippen molar-refractivity contribution >= 4 is 57.1 Å². The van der Waals surface area contributed by atoms with Crippen molar-refractivity contribution in [2.24, 2.45) is 11.8 Å². The summed E-state index contributed by atoms with van der Waals surface area (Å²) in [5.41, 5.74) is 3.77. The Bertz CT molecular complexity index is 2290. The zero-order valence-electron chi connectivity index (χ0n) is 30.8. The number of ether oxygens (including phenoxy) is 2. The summed E-state index contributed by atoms with van der Waals surface area (Å²) in [6.45, 7) is 1.24. The largest absolute Gasteiger partial charge is 0.453 e. The molecule has 0 unspecified atom stereocenters. The quantitative estimate of drug-likeness (QED) is 0.126. The van der Waals surface area contributed by atoms with Crippen molar-refractivity contribution in [2.75, 3.05) is 27.3 Å². The molecule has 0 radical (unpaired) electrons. The maximum absolute atomic E-state index is 13.7. The van der Waals surface area contributed by atoms with E-state index in [2.05, 4.69) is 57.0 Å². The maximum Gasteiger partial charge on any atom is 0.407 e. The Morgan fingerprint density at radius 1 is 0.764 bits per heavy atom. The van der Waals surface area contributed by atoms with E-state index in [9.17, 15) is 19.2 Å². The number of imidazole rings is 2. The number of nitrogens with zero attached hydrogens (tertiary/aromatic N) is 4. The molecule has 4 atom stereocenters. The van der Waals surface area contributed by atoms with E-state index in [1.807, 2.05) is 22.1 Å². The molecule has 4 N–H and O–H groups in total. The molecule has 0 spiro atoms. The Morgan fingerprint density at radius 3 is 2.00 bits per heavy atom. The number of fused-ring (bicyclic) bond motifs is 3. The normalized spacial score (nSPS) is 20.8. The van der Waals surface area contributed by atoms with Crippen LogP contribution in [0.2, 0.25) is 0 Å². The van der Waals surface area contributed by atoms with Gasteiger partial charge in [-0.3, -0.25) is 9.59 Å². The van der Waals surface area contributed by atoms with E-state index < -0.39 is 24.3 Å². The maximum atomic E-state index is 13.7. The first-order valence-corrected chi connectivity index (χ1v) is 20.0. The lowest BCUT2D eigenvalue weighted by Gasteiger charge is -2.28. The van der Waals surface area contributed by atoms with Crippen molar-refractivity contribution in [1.82, 2.24) is 40.4 Å². The molecule has 2 aliphatic heterocycles. The third-order valence-corrected chi connectivity index (χ3v) is 12.8. The van der Waals surface area contributed by atoms with Gasteiger partial charge in [0.15, 0.2) is 0 Å². The highest BCUT2D eigenvalue weighted by Crippen LogP contribution is 2.41. The van der Waals surface area contributed by atoms with E-state index in [0.717, 1.165) is 106 Å². The summed E-state index contributed by atoms with van der Waals surface area (Å²) in [6, 6.07) is 13.2. The predicted octanol–water partition coefficient (Wildman–Crippen LogP) is 6.43. The molecule has 2 saturated heterocycles. The first-order chi connectivity index (χ1) is 26.8. The Balaban J connectivity index is 0.918. The molecule has 55 heavy (non-hydrogen) atoms. The first kappa shape index (κ1) is 35.3. The number of methoxy groups -OCH3 is 2. The topological polar surface area (TPSA) is 175 Å². The van der Waals surface area contributed by atoms with Gasteiger partial charge >= 0.3 is 12.2 Å². The van der Waals surface area contributed by atoms with E-state index in [0.29, 0.717) is 13.1 Å². The van der Waals surface area contributed by atoms with Crippen LogP contribution in [0.3, 0.4) is 0 Å². The number of aromatic amines is 2. The van der Waals surface area contributed by atoms with Gasteiger partial charge in [0.25, 0.3) is 0 Å². The first-order valence-electron chi connectivity index (χ1n) is 19.2. The van der Waals surface area contributed by atoms with Crippen LogP contribution in [-0.2, 0) is 19.1 Å². The molecular weight excluding hydrogens is 721 g/mol. The Kier molecular flexibility index (Phi) is 9.19. The molecular formula is C40H44N8O6S. The van der Waals surface area contributed by atoms with Crippen molar-refractivity contribution < 1.29 is 28.7 Å². The molecule has 4 amide bonds. The molecule has 286 valence electrons. The Hall–Kier alpha value is -5.44. The van der Waals surface area contributed by atoms with Crippen molar-refractivity contribution in [3.05, 3.63) is 60.3 Å². The van der Waals surface area contributed by atoms with Gasteiger partial charge in [-0.15, -0.1) is 11.3 Å². The van der Waals surface area contributed by atoms with Gasteiger partial charge < -0.3 is 39.9 Å². The van der Waals surface area contributed by atoms with E-state index in [4.69, 9.17) is 19.4 Å². The lowest BCUT2D eigenvalue weighted by atomic mass is 10.0. The number of hydrogen-bond acceptors (Lipinski definition) is 9. The second-order valence-electron chi connectivity index (χ2n) is 15.1. The molecule has 0 bridgehead atoms. The summed E-state index contributed by atoms with van der Waals surface area (Å²) in [7, 11) is 2.63. The number of hydrogen-bond donors (Lipinski definition) is 4. The van der Waals surface area contributed by atoms with Crippen LogP contribution in [0.25, 0.3) is 42.8 Å². The number of thiophene rings is 1. The van der Waals surface area contributed by atoms with Gasteiger partial charge in [-0.1, -0.05) is 18.2 Å². The molecule has 2 aliphatic carbocycles. The molecule has 3 aromatic heterocycles. The number of amides is 4. The highest BCUT2D eigenvalue weighted by atomic mass is 32.1. The van der Waals surface area contributed by atoms with E-state index in [-0.39, 0.29) is 35.7 Å².